The Hall–Kier alpha value is -1.27. The van der Waals surface area contributed by atoms with E-state index in [1.165, 1.54) is 14.2 Å². The number of ether oxygens (including phenoxy) is 4. The quantitative estimate of drug-likeness (QED) is 0.628. The smallest absolute Gasteiger partial charge is 0.264 e. The first-order valence-electron chi connectivity index (χ1n) is 8.64. The molecule has 2 heterocycles. The second-order valence-corrected chi connectivity index (χ2v) is 8.41. The largest absolute Gasteiger partial charge is 0.483 e. The minimum Gasteiger partial charge on any atom is -0.483 e. The summed E-state index contributed by atoms with van der Waals surface area (Å²) in [5.74, 6) is 0.672. The van der Waals surface area contributed by atoms with Gasteiger partial charge in [-0.3, -0.25) is 4.18 Å². The van der Waals surface area contributed by atoms with Crippen LogP contribution in [-0.2, 0) is 33.2 Å². The SMILES string of the molecule is COC1=N[C@H](C(C)C)C(OC)=N[C@H]1[C@H](O)[C@@H]1O[C@H](C)OC[C@H]1OS(C)(=O)=O. The molecule has 11 heteroatoms. The van der Waals surface area contributed by atoms with E-state index in [-0.39, 0.29) is 24.5 Å². The van der Waals surface area contributed by atoms with Crippen molar-refractivity contribution in [2.24, 2.45) is 15.9 Å². The van der Waals surface area contributed by atoms with Crippen LogP contribution >= 0.6 is 0 Å². The van der Waals surface area contributed by atoms with E-state index in [0.29, 0.717) is 5.90 Å². The first-order valence-corrected chi connectivity index (χ1v) is 10.5. The molecule has 6 atom stereocenters. The zero-order valence-electron chi connectivity index (χ0n) is 16.4. The number of nitrogens with zero attached hydrogens (tertiary/aromatic N) is 2. The van der Waals surface area contributed by atoms with Crippen molar-refractivity contribution >= 4 is 21.9 Å². The highest BCUT2D eigenvalue weighted by molar-refractivity contribution is 7.86. The summed E-state index contributed by atoms with van der Waals surface area (Å²) in [6.45, 7) is 5.51. The summed E-state index contributed by atoms with van der Waals surface area (Å²) in [6.07, 6.45) is -3.07. The second kappa shape index (κ2) is 8.82. The summed E-state index contributed by atoms with van der Waals surface area (Å²) < 4.78 is 49.7. The van der Waals surface area contributed by atoms with Crippen molar-refractivity contribution in [2.45, 2.75) is 57.5 Å². The Balaban J connectivity index is 2.32. The number of methoxy groups -OCH3 is 2. The molecule has 0 amide bonds. The van der Waals surface area contributed by atoms with E-state index in [4.69, 9.17) is 23.1 Å². The van der Waals surface area contributed by atoms with Gasteiger partial charge < -0.3 is 24.1 Å². The summed E-state index contributed by atoms with van der Waals surface area (Å²) in [7, 11) is -0.875. The lowest BCUT2D eigenvalue weighted by molar-refractivity contribution is -0.258. The minimum atomic E-state index is -3.79. The Kier molecular flexibility index (Phi) is 7.20. The molecular formula is C16H28N2O8S. The molecule has 0 aromatic rings. The van der Waals surface area contributed by atoms with Crippen LogP contribution in [0.4, 0.5) is 0 Å². The molecule has 0 unspecified atom stereocenters. The molecule has 0 bridgehead atoms. The molecule has 0 aliphatic carbocycles. The Labute approximate surface area is 159 Å². The predicted octanol–water partition coefficient (Wildman–Crippen LogP) is -0.0499. The van der Waals surface area contributed by atoms with Crippen molar-refractivity contribution in [3.8, 4) is 0 Å². The molecule has 2 aliphatic heterocycles. The standard InChI is InChI=1S/C16H28N2O8S/c1-8(2)11-15(22-4)18-12(16(17-11)23-5)13(19)14-10(26-27(6,20)21)7-24-9(3)25-14/h8-14,19H,7H2,1-6H3/t9-,10-,11-,12+,13+,14-/m1/s1. The fourth-order valence-electron chi connectivity index (χ4n) is 3.00. The van der Waals surface area contributed by atoms with Gasteiger partial charge in [-0.05, 0) is 12.8 Å². The monoisotopic (exact) mass is 408 g/mol. The zero-order valence-corrected chi connectivity index (χ0v) is 17.2. The highest BCUT2D eigenvalue weighted by Crippen LogP contribution is 2.26. The van der Waals surface area contributed by atoms with Crippen molar-refractivity contribution < 1.29 is 36.7 Å². The molecule has 2 rings (SSSR count). The maximum absolute atomic E-state index is 11.6. The fourth-order valence-corrected chi connectivity index (χ4v) is 3.62. The Morgan fingerprint density at radius 1 is 1.15 bits per heavy atom. The van der Waals surface area contributed by atoms with Crippen LogP contribution in [0.1, 0.15) is 20.8 Å². The molecule has 1 N–H and O–H groups in total. The van der Waals surface area contributed by atoms with Crippen LogP contribution in [0.5, 0.6) is 0 Å². The molecule has 1 saturated heterocycles. The van der Waals surface area contributed by atoms with Crippen molar-refractivity contribution in [2.75, 3.05) is 27.1 Å². The molecule has 10 nitrogen and oxygen atoms in total. The van der Waals surface area contributed by atoms with Crippen molar-refractivity contribution in [1.82, 2.24) is 0 Å². The third-order valence-electron chi connectivity index (χ3n) is 4.26. The van der Waals surface area contributed by atoms with Gasteiger partial charge in [-0.25, -0.2) is 9.98 Å². The molecule has 1 fully saturated rings. The van der Waals surface area contributed by atoms with Crippen LogP contribution in [-0.4, -0.2) is 89.1 Å². The third kappa shape index (κ3) is 5.38. The van der Waals surface area contributed by atoms with E-state index in [9.17, 15) is 13.5 Å². The Bertz CT molecular complexity index is 678. The van der Waals surface area contributed by atoms with Gasteiger partial charge in [-0.2, -0.15) is 8.42 Å². The molecule has 0 saturated carbocycles. The third-order valence-corrected chi connectivity index (χ3v) is 4.85. The molecule has 0 aromatic heterocycles. The van der Waals surface area contributed by atoms with E-state index in [1.807, 2.05) is 13.8 Å². The van der Waals surface area contributed by atoms with Crippen LogP contribution in [0.2, 0.25) is 0 Å². The highest BCUT2D eigenvalue weighted by atomic mass is 32.2. The number of rotatable bonds is 5. The summed E-state index contributed by atoms with van der Waals surface area (Å²) in [6, 6.07) is -1.27. The average molecular weight is 408 g/mol. The summed E-state index contributed by atoms with van der Waals surface area (Å²) in [5.41, 5.74) is 0. The molecule has 156 valence electrons. The summed E-state index contributed by atoms with van der Waals surface area (Å²) in [4.78, 5) is 8.95. The van der Waals surface area contributed by atoms with Gasteiger partial charge in [0.1, 0.15) is 24.4 Å². The van der Waals surface area contributed by atoms with Crippen molar-refractivity contribution in [1.29, 1.82) is 0 Å². The maximum atomic E-state index is 11.6. The number of aliphatic hydroxyl groups is 1. The van der Waals surface area contributed by atoms with Gasteiger partial charge in [0.2, 0.25) is 11.8 Å². The lowest BCUT2D eigenvalue weighted by Gasteiger charge is -2.39. The van der Waals surface area contributed by atoms with Gasteiger partial charge in [0, 0.05) is 0 Å². The van der Waals surface area contributed by atoms with Crippen LogP contribution in [0.15, 0.2) is 9.98 Å². The van der Waals surface area contributed by atoms with Gasteiger partial charge >= 0.3 is 0 Å². The number of aliphatic imine (C=N–C) groups is 2. The van der Waals surface area contributed by atoms with Crippen molar-refractivity contribution in [3.05, 3.63) is 0 Å². The molecule has 0 spiro atoms. The lowest BCUT2D eigenvalue weighted by atomic mass is 9.97. The molecule has 2 aliphatic rings. The van der Waals surface area contributed by atoms with E-state index < -0.39 is 40.8 Å². The lowest BCUT2D eigenvalue weighted by Crippen LogP contribution is -2.56. The predicted molar refractivity (Wildman–Crippen MR) is 97.3 cm³/mol. The number of aliphatic hydroxyl groups excluding tert-OH is 1. The van der Waals surface area contributed by atoms with Gasteiger partial charge in [0.05, 0.1) is 27.1 Å². The van der Waals surface area contributed by atoms with E-state index in [1.54, 1.807) is 6.92 Å². The minimum absolute atomic E-state index is 0.0579. The van der Waals surface area contributed by atoms with Crippen LogP contribution in [0.3, 0.4) is 0 Å². The average Bonchev–Trinajstić information content (AvgIpc) is 2.60. The Morgan fingerprint density at radius 3 is 2.22 bits per heavy atom. The second-order valence-electron chi connectivity index (χ2n) is 6.81. The van der Waals surface area contributed by atoms with Crippen molar-refractivity contribution in [3.63, 3.8) is 0 Å². The Morgan fingerprint density at radius 2 is 1.70 bits per heavy atom. The van der Waals surface area contributed by atoms with Gasteiger partial charge in [0.15, 0.2) is 12.3 Å². The molecule has 0 radical (unpaired) electrons. The normalized spacial score (nSPS) is 33.3. The van der Waals surface area contributed by atoms with E-state index >= 15 is 0 Å². The van der Waals surface area contributed by atoms with E-state index in [2.05, 4.69) is 9.98 Å². The zero-order chi connectivity index (χ0) is 20.4. The van der Waals surface area contributed by atoms with Crippen LogP contribution in [0.25, 0.3) is 0 Å². The number of hydrogen-bond acceptors (Lipinski definition) is 10. The highest BCUT2D eigenvalue weighted by Gasteiger charge is 2.45. The molecular weight excluding hydrogens is 380 g/mol. The van der Waals surface area contributed by atoms with Gasteiger partial charge in [-0.1, -0.05) is 13.8 Å². The van der Waals surface area contributed by atoms with Crippen LogP contribution < -0.4 is 0 Å². The first-order chi connectivity index (χ1) is 12.6. The summed E-state index contributed by atoms with van der Waals surface area (Å²) >= 11 is 0. The van der Waals surface area contributed by atoms with Gasteiger partial charge in [-0.15, -0.1) is 0 Å². The molecule has 0 aromatic carbocycles. The van der Waals surface area contributed by atoms with Crippen LogP contribution in [0, 0.1) is 5.92 Å². The topological polar surface area (TPSA) is 125 Å². The summed E-state index contributed by atoms with van der Waals surface area (Å²) in [5, 5.41) is 10.9. The number of hydrogen-bond donors (Lipinski definition) is 1. The maximum Gasteiger partial charge on any atom is 0.264 e. The fraction of sp³-hybridized carbons (Fsp3) is 0.875. The molecule has 27 heavy (non-hydrogen) atoms. The van der Waals surface area contributed by atoms with Gasteiger partial charge in [0.25, 0.3) is 10.1 Å². The van der Waals surface area contributed by atoms with E-state index in [0.717, 1.165) is 6.26 Å². The first kappa shape index (κ1) is 22.0.